The van der Waals surface area contributed by atoms with E-state index in [0.29, 0.717) is 35.2 Å². The average molecular weight is 331 g/mol. The van der Waals surface area contributed by atoms with Crippen LogP contribution in [0.1, 0.15) is 67.2 Å². The molecule has 0 N–H and O–H groups in total. The van der Waals surface area contributed by atoms with Gasteiger partial charge in [-0.15, -0.1) is 0 Å². The summed E-state index contributed by atoms with van der Waals surface area (Å²) in [6.45, 7) is 12.8. The Morgan fingerprint density at radius 3 is 1.33 bits per heavy atom. The molecule has 0 saturated heterocycles. The Morgan fingerprint density at radius 1 is 0.708 bits per heavy atom. The number of allylic oxidation sites excluding steroid dienone is 4. The van der Waals surface area contributed by atoms with Gasteiger partial charge in [-0.05, 0) is 60.5 Å². The van der Waals surface area contributed by atoms with Crippen molar-refractivity contribution in [2.24, 2.45) is 35.5 Å². The molecular formula is C22H34O2. The molecule has 0 radical (unpaired) electrons. The summed E-state index contributed by atoms with van der Waals surface area (Å²) >= 11 is 0. The summed E-state index contributed by atoms with van der Waals surface area (Å²) in [6.07, 6.45) is 8.10. The van der Waals surface area contributed by atoms with Crippen molar-refractivity contribution in [3.63, 3.8) is 0 Å². The van der Waals surface area contributed by atoms with Gasteiger partial charge in [-0.3, -0.25) is 9.59 Å². The molecular weight excluding hydrogens is 296 g/mol. The minimum atomic E-state index is 0.147. The molecule has 0 spiro atoms. The van der Waals surface area contributed by atoms with Crippen molar-refractivity contribution in [1.82, 2.24) is 0 Å². The van der Waals surface area contributed by atoms with Crippen molar-refractivity contribution in [3.05, 3.63) is 23.3 Å². The van der Waals surface area contributed by atoms with Crippen molar-refractivity contribution in [2.75, 3.05) is 0 Å². The van der Waals surface area contributed by atoms with Crippen LogP contribution in [0.15, 0.2) is 23.3 Å². The molecule has 4 atom stereocenters. The smallest absolute Gasteiger partial charge is 0.162 e. The van der Waals surface area contributed by atoms with Crippen LogP contribution < -0.4 is 0 Å². The maximum absolute atomic E-state index is 12.8. The van der Waals surface area contributed by atoms with Gasteiger partial charge in [0.15, 0.2) is 11.6 Å². The zero-order valence-corrected chi connectivity index (χ0v) is 16.3. The third-order valence-corrected chi connectivity index (χ3v) is 6.18. The number of hydrogen-bond donors (Lipinski definition) is 0. The quantitative estimate of drug-likeness (QED) is 0.651. The zero-order chi connectivity index (χ0) is 18.0. The average Bonchev–Trinajstić information content (AvgIpc) is 2.48. The zero-order valence-electron chi connectivity index (χ0n) is 16.3. The lowest BCUT2D eigenvalue weighted by atomic mass is 9.72. The first-order valence-electron chi connectivity index (χ1n) is 9.74. The Kier molecular flexibility index (Phi) is 6.22. The third-order valence-electron chi connectivity index (χ3n) is 6.18. The first kappa shape index (κ1) is 19.1. The van der Waals surface area contributed by atoms with Gasteiger partial charge in [0, 0.05) is 11.8 Å². The summed E-state index contributed by atoms with van der Waals surface area (Å²) in [5, 5.41) is 0. The van der Waals surface area contributed by atoms with Crippen LogP contribution in [0.5, 0.6) is 0 Å². The van der Waals surface area contributed by atoms with Crippen molar-refractivity contribution in [2.45, 2.75) is 67.2 Å². The second kappa shape index (κ2) is 7.80. The van der Waals surface area contributed by atoms with Crippen LogP contribution in [-0.2, 0) is 9.59 Å². The second-order valence-corrected chi connectivity index (χ2v) is 8.63. The Labute approximate surface area is 147 Å². The molecule has 0 bridgehead atoms. The molecule has 0 heterocycles. The highest BCUT2D eigenvalue weighted by molar-refractivity contribution is 6.01. The molecule has 2 saturated carbocycles. The van der Waals surface area contributed by atoms with Crippen LogP contribution in [0.4, 0.5) is 0 Å². The molecule has 2 fully saturated rings. The van der Waals surface area contributed by atoms with Crippen LogP contribution in [-0.4, -0.2) is 11.6 Å². The molecule has 0 aromatic rings. The lowest BCUT2D eigenvalue weighted by Gasteiger charge is -2.31. The molecule has 0 unspecified atom stereocenters. The van der Waals surface area contributed by atoms with E-state index in [0.717, 1.165) is 36.8 Å². The van der Waals surface area contributed by atoms with E-state index in [1.165, 1.54) is 0 Å². The van der Waals surface area contributed by atoms with Gasteiger partial charge < -0.3 is 0 Å². The molecule has 2 rings (SSSR count). The summed E-state index contributed by atoms with van der Waals surface area (Å²) < 4.78 is 0. The molecule has 0 aromatic heterocycles. The van der Waals surface area contributed by atoms with Crippen LogP contribution in [0.2, 0.25) is 0 Å². The fraction of sp³-hybridized carbons (Fsp3) is 0.727. The van der Waals surface area contributed by atoms with Crippen molar-refractivity contribution >= 4 is 11.6 Å². The fourth-order valence-electron chi connectivity index (χ4n) is 4.29. The van der Waals surface area contributed by atoms with E-state index < -0.39 is 0 Å². The van der Waals surface area contributed by atoms with E-state index in [2.05, 4.69) is 41.5 Å². The van der Waals surface area contributed by atoms with Crippen LogP contribution in [0.25, 0.3) is 0 Å². The van der Waals surface area contributed by atoms with Gasteiger partial charge in [0.2, 0.25) is 0 Å². The normalized spacial score (nSPS) is 35.5. The minimum absolute atomic E-state index is 0.147. The molecule has 2 aliphatic carbocycles. The van der Waals surface area contributed by atoms with E-state index in [1.807, 2.05) is 12.2 Å². The molecule has 0 amide bonds. The van der Waals surface area contributed by atoms with Gasteiger partial charge in [0.05, 0.1) is 0 Å². The van der Waals surface area contributed by atoms with Gasteiger partial charge in [0.25, 0.3) is 0 Å². The van der Waals surface area contributed by atoms with E-state index in [-0.39, 0.29) is 11.8 Å². The first-order valence-corrected chi connectivity index (χ1v) is 9.74. The molecule has 0 aliphatic heterocycles. The lowest BCUT2D eigenvalue weighted by Crippen LogP contribution is -2.31. The Hall–Kier alpha value is -1.18. The largest absolute Gasteiger partial charge is 0.294 e. The molecule has 134 valence electrons. The van der Waals surface area contributed by atoms with Gasteiger partial charge in [0.1, 0.15) is 0 Å². The summed E-state index contributed by atoms with van der Waals surface area (Å²) in [7, 11) is 0. The van der Waals surface area contributed by atoms with Crippen molar-refractivity contribution < 1.29 is 9.59 Å². The topological polar surface area (TPSA) is 34.1 Å². The van der Waals surface area contributed by atoms with E-state index >= 15 is 0 Å². The monoisotopic (exact) mass is 330 g/mol. The number of carbonyl (C=O) groups excluding carboxylic acids is 2. The van der Waals surface area contributed by atoms with Crippen LogP contribution >= 0.6 is 0 Å². The predicted molar refractivity (Wildman–Crippen MR) is 99.6 cm³/mol. The molecule has 0 aromatic carbocycles. The van der Waals surface area contributed by atoms with E-state index in [9.17, 15) is 9.59 Å². The highest BCUT2D eigenvalue weighted by Crippen LogP contribution is 2.36. The highest BCUT2D eigenvalue weighted by Gasteiger charge is 2.34. The second-order valence-electron chi connectivity index (χ2n) is 8.63. The molecule has 24 heavy (non-hydrogen) atoms. The summed E-state index contributed by atoms with van der Waals surface area (Å²) in [6, 6.07) is 0. The molecule has 2 aliphatic rings. The van der Waals surface area contributed by atoms with Gasteiger partial charge in [-0.2, -0.15) is 0 Å². The number of carbonyl (C=O) groups is 2. The first-order chi connectivity index (χ1) is 11.2. The number of ketones is 2. The van der Waals surface area contributed by atoms with Gasteiger partial charge in [-0.1, -0.05) is 53.7 Å². The highest BCUT2D eigenvalue weighted by atomic mass is 16.1. The Morgan fingerprint density at radius 2 is 1.04 bits per heavy atom. The molecule has 2 heteroatoms. The van der Waals surface area contributed by atoms with E-state index in [4.69, 9.17) is 0 Å². The Bertz CT molecular complexity index is 500. The maximum Gasteiger partial charge on any atom is 0.162 e. The van der Waals surface area contributed by atoms with Crippen molar-refractivity contribution in [3.8, 4) is 0 Å². The van der Waals surface area contributed by atoms with Gasteiger partial charge in [-0.25, -0.2) is 0 Å². The van der Waals surface area contributed by atoms with Gasteiger partial charge >= 0.3 is 0 Å². The fourth-order valence-corrected chi connectivity index (χ4v) is 4.29. The number of rotatable bonds is 3. The SMILES string of the molecule is CC(C)[C@@H]1CC[C@H](C)/C(=C/C=C2/C(=O)[C@@H](C(C)C)CC[C@H]2C)C1=O. The standard InChI is InChI=1S/C22H34O2/c1-13(2)17-9-7-15(5)19(21(17)23)11-12-20-16(6)8-10-18(14(3)4)22(20)24/h11-18H,7-10H2,1-6H3/b19-11-,20-12+/t15-,16+,17-,18+/m0/s1. The van der Waals surface area contributed by atoms with Crippen LogP contribution in [0.3, 0.4) is 0 Å². The summed E-state index contributed by atoms with van der Waals surface area (Å²) in [5.74, 6) is 2.29. The minimum Gasteiger partial charge on any atom is -0.294 e. The lowest BCUT2D eigenvalue weighted by molar-refractivity contribution is -0.123. The third kappa shape index (κ3) is 3.90. The summed E-state index contributed by atoms with van der Waals surface area (Å²) in [5.41, 5.74) is 1.86. The molecule has 2 nitrogen and oxygen atoms in total. The van der Waals surface area contributed by atoms with Crippen LogP contribution in [0, 0.1) is 35.5 Å². The predicted octanol–water partition coefficient (Wildman–Crippen LogP) is 5.38. The number of hydrogen-bond acceptors (Lipinski definition) is 2. The van der Waals surface area contributed by atoms with E-state index in [1.54, 1.807) is 0 Å². The number of Topliss-reactive ketones (excluding diaryl/α,β-unsaturated/α-hetero) is 2. The maximum atomic E-state index is 12.8. The summed E-state index contributed by atoms with van der Waals surface area (Å²) in [4.78, 5) is 25.6. The Balaban J connectivity index is 2.29. The van der Waals surface area contributed by atoms with Crippen molar-refractivity contribution in [1.29, 1.82) is 0 Å².